The van der Waals surface area contributed by atoms with Crippen LogP contribution < -0.4 is 5.32 Å². The van der Waals surface area contributed by atoms with Crippen molar-refractivity contribution in [2.75, 3.05) is 13.1 Å². The summed E-state index contributed by atoms with van der Waals surface area (Å²) in [7, 11) is 0. The lowest BCUT2D eigenvalue weighted by atomic mass is 9.98. The number of aromatic nitrogens is 2. The standard InChI is InChI=1S/C9H14ClN3/c10-9-3-6-12-13(9)7-8-1-4-11-5-2-8/h3,6,8,11H,1-2,4-5,7H2. The third kappa shape index (κ3) is 2.23. The minimum absolute atomic E-state index is 0.735. The van der Waals surface area contributed by atoms with E-state index in [0.29, 0.717) is 0 Å². The molecule has 72 valence electrons. The van der Waals surface area contributed by atoms with E-state index in [1.54, 1.807) is 6.20 Å². The van der Waals surface area contributed by atoms with Crippen LogP contribution in [-0.4, -0.2) is 22.9 Å². The highest BCUT2D eigenvalue weighted by molar-refractivity contribution is 6.29. The Balaban J connectivity index is 1.93. The number of halogens is 1. The molecule has 0 aromatic carbocycles. The normalized spacial score (nSPS) is 19.2. The van der Waals surface area contributed by atoms with Gasteiger partial charge in [0, 0.05) is 6.54 Å². The van der Waals surface area contributed by atoms with Crippen LogP contribution in [0.4, 0.5) is 0 Å². The second-order valence-corrected chi connectivity index (χ2v) is 3.92. The summed E-state index contributed by atoms with van der Waals surface area (Å²) in [5.41, 5.74) is 0. The Morgan fingerprint density at radius 1 is 1.54 bits per heavy atom. The van der Waals surface area contributed by atoms with Gasteiger partial charge in [-0.15, -0.1) is 0 Å². The lowest BCUT2D eigenvalue weighted by Crippen LogP contribution is -2.30. The van der Waals surface area contributed by atoms with Gasteiger partial charge in [0.25, 0.3) is 0 Å². The fraction of sp³-hybridized carbons (Fsp3) is 0.667. The summed E-state index contributed by atoms with van der Waals surface area (Å²) < 4.78 is 1.89. The molecular weight excluding hydrogens is 186 g/mol. The Hall–Kier alpha value is -0.540. The monoisotopic (exact) mass is 199 g/mol. The smallest absolute Gasteiger partial charge is 0.127 e. The van der Waals surface area contributed by atoms with Gasteiger partial charge >= 0.3 is 0 Å². The first-order valence-electron chi connectivity index (χ1n) is 4.74. The molecule has 1 saturated heterocycles. The fourth-order valence-electron chi connectivity index (χ4n) is 1.76. The molecule has 0 spiro atoms. The number of rotatable bonds is 2. The van der Waals surface area contributed by atoms with Gasteiger partial charge in [-0.05, 0) is 37.9 Å². The Labute approximate surface area is 83.1 Å². The van der Waals surface area contributed by atoms with Crippen LogP contribution >= 0.6 is 11.6 Å². The molecule has 0 bridgehead atoms. The van der Waals surface area contributed by atoms with Gasteiger partial charge < -0.3 is 5.32 Å². The highest BCUT2D eigenvalue weighted by Gasteiger charge is 2.14. The lowest BCUT2D eigenvalue weighted by Gasteiger charge is -2.22. The molecule has 1 aliphatic rings. The zero-order chi connectivity index (χ0) is 9.10. The maximum absolute atomic E-state index is 5.94. The SMILES string of the molecule is Clc1ccnn1CC1CCNCC1. The summed E-state index contributed by atoms with van der Waals surface area (Å²) >= 11 is 5.94. The molecule has 0 atom stereocenters. The molecule has 0 saturated carbocycles. The predicted octanol–water partition coefficient (Wildman–Crippen LogP) is 1.54. The fourth-order valence-corrected chi connectivity index (χ4v) is 1.93. The van der Waals surface area contributed by atoms with E-state index in [9.17, 15) is 0 Å². The van der Waals surface area contributed by atoms with Crippen LogP contribution in [-0.2, 0) is 6.54 Å². The minimum atomic E-state index is 0.735. The second-order valence-electron chi connectivity index (χ2n) is 3.53. The maximum Gasteiger partial charge on any atom is 0.127 e. The molecule has 0 radical (unpaired) electrons. The van der Waals surface area contributed by atoms with Crippen LogP contribution in [0.1, 0.15) is 12.8 Å². The molecule has 1 fully saturated rings. The zero-order valence-corrected chi connectivity index (χ0v) is 8.30. The van der Waals surface area contributed by atoms with E-state index in [4.69, 9.17) is 11.6 Å². The van der Waals surface area contributed by atoms with E-state index in [0.717, 1.165) is 30.7 Å². The minimum Gasteiger partial charge on any atom is -0.317 e. The summed E-state index contributed by atoms with van der Waals surface area (Å²) in [6.07, 6.45) is 4.22. The van der Waals surface area contributed by atoms with Crippen molar-refractivity contribution in [3.8, 4) is 0 Å². The van der Waals surface area contributed by atoms with E-state index in [2.05, 4.69) is 10.4 Å². The van der Waals surface area contributed by atoms with Gasteiger partial charge in [0.1, 0.15) is 5.15 Å². The van der Waals surface area contributed by atoms with Crippen LogP contribution in [0, 0.1) is 5.92 Å². The van der Waals surface area contributed by atoms with Crippen LogP contribution in [0.2, 0.25) is 5.15 Å². The Kier molecular flexibility index (Phi) is 2.86. The molecule has 1 aromatic heterocycles. The van der Waals surface area contributed by atoms with Crippen molar-refractivity contribution in [3.63, 3.8) is 0 Å². The molecule has 2 heterocycles. The Morgan fingerprint density at radius 2 is 2.31 bits per heavy atom. The molecule has 13 heavy (non-hydrogen) atoms. The van der Waals surface area contributed by atoms with Crippen molar-refractivity contribution < 1.29 is 0 Å². The van der Waals surface area contributed by atoms with Gasteiger partial charge in [-0.2, -0.15) is 5.10 Å². The van der Waals surface area contributed by atoms with Crippen molar-refractivity contribution in [1.82, 2.24) is 15.1 Å². The Morgan fingerprint density at radius 3 is 2.92 bits per heavy atom. The molecule has 3 nitrogen and oxygen atoms in total. The van der Waals surface area contributed by atoms with Gasteiger partial charge in [0.2, 0.25) is 0 Å². The molecule has 2 rings (SSSR count). The summed E-state index contributed by atoms with van der Waals surface area (Å²) in [5.74, 6) is 0.735. The summed E-state index contributed by atoms with van der Waals surface area (Å²) in [4.78, 5) is 0. The summed E-state index contributed by atoms with van der Waals surface area (Å²) in [5, 5.41) is 8.27. The highest BCUT2D eigenvalue weighted by atomic mass is 35.5. The van der Waals surface area contributed by atoms with Crippen molar-refractivity contribution >= 4 is 11.6 Å². The van der Waals surface area contributed by atoms with E-state index >= 15 is 0 Å². The van der Waals surface area contributed by atoms with Crippen LogP contribution in [0.3, 0.4) is 0 Å². The van der Waals surface area contributed by atoms with Gasteiger partial charge in [-0.25, -0.2) is 0 Å². The van der Waals surface area contributed by atoms with Crippen molar-refractivity contribution in [2.24, 2.45) is 5.92 Å². The number of piperidine rings is 1. The van der Waals surface area contributed by atoms with E-state index < -0.39 is 0 Å². The summed E-state index contributed by atoms with van der Waals surface area (Å²) in [6, 6.07) is 1.84. The van der Waals surface area contributed by atoms with Crippen molar-refractivity contribution in [2.45, 2.75) is 19.4 Å². The maximum atomic E-state index is 5.94. The molecular formula is C9H14ClN3. The zero-order valence-electron chi connectivity index (χ0n) is 7.54. The second kappa shape index (κ2) is 4.11. The molecule has 0 amide bonds. The third-order valence-electron chi connectivity index (χ3n) is 2.55. The number of hydrogen-bond acceptors (Lipinski definition) is 2. The highest BCUT2D eigenvalue weighted by Crippen LogP contribution is 2.16. The third-order valence-corrected chi connectivity index (χ3v) is 2.88. The van der Waals surface area contributed by atoms with Gasteiger partial charge in [-0.1, -0.05) is 11.6 Å². The molecule has 1 aliphatic heterocycles. The van der Waals surface area contributed by atoms with Crippen molar-refractivity contribution in [3.05, 3.63) is 17.4 Å². The van der Waals surface area contributed by atoms with Crippen LogP contribution in [0.5, 0.6) is 0 Å². The van der Waals surface area contributed by atoms with E-state index in [1.165, 1.54) is 12.8 Å². The first-order valence-corrected chi connectivity index (χ1v) is 5.12. The predicted molar refractivity (Wildman–Crippen MR) is 52.8 cm³/mol. The molecule has 4 heteroatoms. The topological polar surface area (TPSA) is 29.9 Å². The van der Waals surface area contributed by atoms with Crippen LogP contribution in [0.15, 0.2) is 12.3 Å². The average molecular weight is 200 g/mol. The number of hydrogen-bond donors (Lipinski definition) is 1. The molecule has 1 aromatic rings. The van der Waals surface area contributed by atoms with Crippen molar-refractivity contribution in [1.29, 1.82) is 0 Å². The van der Waals surface area contributed by atoms with E-state index in [-0.39, 0.29) is 0 Å². The summed E-state index contributed by atoms with van der Waals surface area (Å²) in [6.45, 7) is 3.22. The first kappa shape index (κ1) is 9.03. The number of nitrogens with zero attached hydrogens (tertiary/aromatic N) is 2. The van der Waals surface area contributed by atoms with Crippen LogP contribution in [0.25, 0.3) is 0 Å². The Bertz CT molecular complexity index is 266. The molecule has 0 unspecified atom stereocenters. The first-order chi connectivity index (χ1) is 6.36. The van der Waals surface area contributed by atoms with Gasteiger partial charge in [0.15, 0.2) is 0 Å². The average Bonchev–Trinajstić information content (AvgIpc) is 2.54. The number of nitrogens with one attached hydrogen (secondary N) is 1. The largest absolute Gasteiger partial charge is 0.317 e. The van der Waals surface area contributed by atoms with Gasteiger partial charge in [-0.3, -0.25) is 4.68 Å². The molecule has 1 N–H and O–H groups in total. The van der Waals surface area contributed by atoms with E-state index in [1.807, 2.05) is 10.7 Å². The molecule has 0 aliphatic carbocycles. The van der Waals surface area contributed by atoms with Gasteiger partial charge in [0.05, 0.1) is 6.20 Å². The quantitative estimate of drug-likeness (QED) is 0.783. The lowest BCUT2D eigenvalue weighted by molar-refractivity contribution is 0.321.